The lowest BCUT2D eigenvalue weighted by atomic mass is 9.84. The second-order valence-corrected chi connectivity index (χ2v) is 10.1. The fourth-order valence-electron chi connectivity index (χ4n) is 5.29. The van der Waals surface area contributed by atoms with Crippen molar-refractivity contribution in [1.82, 2.24) is 4.90 Å². The number of hydrogen-bond acceptors (Lipinski definition) is 6. The zero-order chi connectivity index (χ0) is 28.5. The third-order valence-electron chi connectivity index (χ3n) is 7.34. The van der Waals surface area contributed by atoms with Gasteiger partial charge < -0.3 is 21.1 Å². The van der Waals surface area contributed by atoms with Crippen molar-refractivity contribution in [1.29, 1.82) is 0 Å². The first-order valence-corrected chi connectivity index (χ1v) is 12.9. The molecule has 2 heterocycles. The Morgan fingerprint density at radius 1 is 1.05 bits per heavy atom. The third-order valence-corrected chi connectivity index (χ3v) is 7.34. The van der Waals surface area contributed by atoms with Crippen LogP contribution in [-0.4, -0.2) is 36.0 Å². The number of anilines is 3. The van der Waals surface area contributed by atoms with E-state index in [0.29, 0.717) is 42.2 Å². The molecule has 0 radical (unpaired) electrons. The molecule has 10 heteroatoms. The van der Waals surface area contributed by atoms with E-state index in [1.54, 1.807) is 48.5 Å². The van der Waals surface area contributed by atoms with E-state index < -0.39 is 17.7 Å². The van der Waals surface area contributed by atoms with E-state index in [2.05, 4.69) is 15.5 Å². The fourth-order valence-corrected chi connectivity index (χ4v) is 5.29. The van der Waals surface area contributed by atoms with E-state index in [4.69, 9.17) is 10.5 Å². The first-order valence-electron chi connectivity index (χ1n) is 12.9. The number of benzene rings is 3. The first kappa shape index (κ1) is 27.3. The maximum atomic E-state index is 13.0. The summed E-state index contributed by atoms with van der Waals surface area (Å²) in [6.45, 7) is 3.35. The molecule has 4 N–H and O–H groups in total. The highest BCUT2D eigenvalue weighted by atomic mass is 19.4. The van der Waals surface area contributed by atoms with E-state index in [-0.39, 0.29) is 18.7 Å². The molecule has 40 heavy (non-hydrogen) atoms. The molecule has 0 spiro atoms. The van der Waals surface area contributed by atoms with Crippen molar-refractivity contribution in [2.45, 2.75) is 38.1 Å². The zero-order valence-corrected chi connectivity index (χ0v) is 21.8. The number of nitrogens with zero attached hydrogens (tertiary/aromatic N) is 1. The number of halogens is 3. The number of fused-ring (bicyclic) bond motifs is 1. The lowest BCUT2D eigenvalue weighted by Crippen LogP contribution is -2.46. The SMILES string of the molecule is C/C(Nc1ccc(CN2CCC(OC(=O)C(F)(F)F)(c3ccccc3)CC2)cc1)=C1/C(=O)Nc2ccc(N)cc21. The second kappa shape index (κ2) is 10.7. The quantitative estimate of drug-likeness (QED) is 0.208. The van der Waals surface area contributed by atoms with Crippen LogP contribution in [0.15, 0.2) is 78.5 Å². The van der Waals surface area contributed by atoms with Gasteiger partial charge in [0.2, 0.25) is 0 Å². The minimum Gasteiger partial charge on any atom is -0.447 e. The van der Waals surface area contributed by atoms with Gasteiger partial charge in [-0.15, -0.1) is 0 Å². The molecule has 0 atom stereocenters. The molecule has 1 saturated heterocycles. The lowest BCUT2D eigenvalue weighted by molar-refractivity contribution is -0.219. The topological polar surface area (TPSA) is 96.7 Å². The maximum absolute atomic E-state index is 13.0. The molecule has 0 unspecified atom stereocenters. The number of rotatable bonds is 6. The number of allylic oxidation sites excluding steroid dienone is 1. The number of amides is 1. The minimum atomic E-state index is -5.05. The highest BCUT2D eigenvalue weighted by Crippen LogP contribution is 2.39. The Balaban J connectivity index is 1.24. The van der Waals surface area contributed by atoms with Crippen LogP contribution in [0.2, 0.25) is 0 Å². The summed E-state index contributed by atoms with van der Waals surface area (Å²) in [6, 6.07) is 21.7. The number of nitrogens with one attached hydrogen (secondary N) is 2. The van der Waals surface area contributed by atoms with Crippen LogP contribution in [0.25, 0.3) is 5.57 Å². The Morgan fingerprint density at radius 3 is 2.38 bits per heavy atom. The van der Waals surface area contributed by atoms with Crippen LogP contribution in [0, 0.1) is 0 Å². The molecule has 0 bridgehead atoms. The molecule has 1 amide bonds. The summed E-state index contributed by atoms with van der Waals surface area (Å²) in [5.74, 6) is -2.36. The second-order valence-electron chi connectivity index (χ2n) is 10.1. The zero-order valence-electron chi connectivity index (χ0n) is 21.8. The summed E-state index contributed by atoms with van der Waals surface area (Å²) in [5, 5.41) is 6.14. The van der Waals surface area contributed by atoms with Crippen LogP contribution in [0.1, 0.15) is 36.5 Å². The van der Waals surface area contributed by atoms with Crippen molar-refractivity contribution in [3.63, 3.8) is 0 Å². The van der Waals surface area contributed by atoms with E-state index >= 15 is 0 Å². The number of carbonyl (C=O) groups is 2. The molecular weight excluding hydrogens is 521 g/mol. The standard InChI is InChI=1S/C30H29F3N4O3/c1-19(26-24-17-22(34)9-12-25(24)36-27(26)38)35-23-10-7-20(8-11-23)18-37-15-13-29(14-16-37,21-5-3-2-4-6-21)40-28(39)30(31,32)33/h2-12,17,35H,13-16,18,34H2,1H3,(H,36,38)/b26-19-. The van der Waals surface area contributed by atoms with Gasteiger partial charge in [-0.05, 0) is 48.4 Å². The molecule has 208 valence electrons. The molecule has 3 aromatic carbocycles. The lowest BCUT2D eigenvalue weighted by Gasteiger charge is -2.41. The Kier molecular flexibility index (Phi) is 7.29. The monoisotopic (exact) mass is 550 g/mol. The Labute approximate surface area is 229 Å². The fraction of sp³-hybridized carbons (Fsp3) is 0.267. The minimum absolute atomic E-state index is 0.195. The van der Waals surface area contributed by atoms with Gasteiger partial charge in [0, 0.05) is 60.8 Å². The number of ether oxygens (including phenoxy) is 1. The van der Waals surface area contributed by atoms with Gasteiger partial charge in [0.15, 0.2) is 0 Å². The summed E-state index contributed by atoms with van der Waals surface area (Å²) in [6.07, 6.45) is -4.56. The van der Waals surface area contributed by atoms with Crippen molar-refractivity contribution < 1.29 is 27.5 Å². The van der Waals surface area contributed by atoms with Gasteiger partial charge in [0.1, 0.15) is 5.60 Å². The molecule has 7 nitrogen and oxygen atoms in total. The summed E-state index contributed by atoms with van der Waals surface area (Å²) in [4.78, 5) is 26.5. The number of esters is 1. The molecule has 5 rings (SSSR count). The molecule has 3 aromatic rings. The van der Waals surface area contributed by atoms with Crippen molar-refractivity contribution in [2.24, 2.45) is 0 Å². The number of piperidine rings is 1. The van der Waals surface area contributed by atoms with Crippen LogP contribution < -0.4 is 16.4 Å². The van der Waals surface area contributed by atoms with Gasteiger partial charge in [-0.2, -0.15) is 13.2 Å². The number of hydrogen-bond donors (Lipinski definition) is 3. The van der Waals surface area contributed by atoms with Crippen molar-refractivity contribution in [3.05, 3.63) is 95.2 Å². The number of nitrogen functional groups attached to an aromatic ring is 1. The van der Waals surface area contributed by atoms with E-state index in [1.165, 1.54) is 0 Å². The molecule has 1 fully saturated rings. The summed E-state index contributed by atoms with van der Waals surface area (Å²) in [7, 11) is 0. The van der Waals surface area contributed by atoms with Crippen LogP contribution in [-0.2, 0) is 26.5 Å². The number of alkyl halides is 3. The van der Waals surface area contributed by atoms with Gasteiger partial charge in [0.25, 0.3) is 5.91 Å². The average molecular weight is 551 g/mol. The van der Waals surface area contributed by atoms with Crippen LogP contribution in [0.5, 0.6) is 0 Å². The number of likely N-dealkylation sites (tertiary alicyclic amines) is 1. The third kappa shape index (κ3) is 5.67. The largest absolute Gasteiger partial charge is 0.490 e. The first-order chi connectivity index (χ1) is 19.0. The van der Waals surface area contributed by atoms with E-state index in [1.807, 2.05) is 31.2 Å². The number of carbonyl (C=O) groups excluding carboxylic acids is 2. The normalized spacial score (nSPS) is 18.1. The Bertz CT molecular complexity index is 1450. The van der Waals surface area contributed by atoms with Crippen molar-refractivity contribution in [3.8, 4) is 0 Å². The number of nitrogens with two attached hydrogens (primary N) is 1. The predicted octanol–water partition coefficient (Wildman–Crippen LogP) is 5.66. The van der Waals surface area contributed by atoms with E-state index in [0.717, 1.165) is 22.5 Å². The van der Waals surface area contributed by atoms with Gasteiger partial charge in [-0.25, -0.2) is 4.79 Å². The smallest absolute Gasteiger partial charge is 0.447 e. The van der Waals surface area contributed by atoms with Gasteiger partial charge in [-0.1, -0.05) is 42.5 Å². The molecule has 2 aliphatic heterocycles. The maximum Gasteiger partial charge on any atom is 0.490 e. The Morgan fingerprint density at radius 2 is 1.73 bits per heavy atom. The van der Waals surface area contributed by atoms with Gasteiger partial charge in [0.05, 0.1) is 5.57 Å². The van der Waals surface area contributed by atoms with Gasteiger partial charge in [-0.3, -0.25) is 9.69 Å². The molecule has 0 aliphatic carbocycles. The summed E-state index contributed by atoms with van der Waals surface area (Å²) >= 11 is 0. The molecule has 0 aromatic heterocycles. The van der Waals surface area contributed by atoms with Crippen molar-refractivity contribution in [2.75, 3.05) is 29.5 Å². The van der Waals surface area contributed by atoms with Crippen LogP contribution >= 0.6 is 0 Å². The molecular formula is C30H29F3N4O3. The summed E-state index contributed by atoms with van der Waals surface area (Å²) < 4.78 is 44.2. The van der Waals surface area contributed by atoms with E-state index in [9.17, 15) is 22.8 Å². The summed E-state index contributed by atoms with van der Waals surface area (Å²) in [5.41, 5.74) is 10.3. The average Bonchev–Trinajstić information content (AvgIpc) is 3.25. The van der Waals surface area contributed by atoms with Crippen LogP contribution in [0.3, 0.4) is 0 Å². The Hall–Kier alpha value is -4.31. The van der Waals surface area contributed by atoms with Gasteiger partial charge >= 0.3 is 12.1 Å². The highest BCUT2D eigenvalue weighted by molar-refractivity contribution is 6.32. The van der Waals surface area contributed by atoms with Crippen LogP contribution in [0.4, 0.5) is 30.2 Å². The molecule has 0 saturated carbocycles. The molecule has 2 aliphatic rings. The highest BCUT2D eigenvalue weighted by Gasteiger charge is 2.48. The predicted molar refractivity (Wildman–Crippen MR) is 147 cm³/mol. The van der Waals surface area contributed by atoms with Crippen molar-refractivity contribution >= 4 is 34.5 Å².